The van der Waals surface area contributed by atoms with Crippen molar-refractivity contribution in [2.45, 2.75) is 32.6 Å². The van der Waals surface area contributed by atoms with Crippen LogP contribution in [0.2, 0.25) is 0 Å². The topological polar surface area (TPSA) is 102 Å². The molecule has 1 aliphatic heterocycles. The Balaban J connectivity index is 1.38. The number of amides is 1. The lowest BCUT2D eigenvalue weighted by Crippen LogP contribution is -2.39. The molecule has 1 amide bonds. The summed E-state index contributed by atoms with van der Waals surface area (Å²) in [5, 5.41) is 4.11. The van der Waals surface area contributed by atoms with Gasteiger partial charge in [0.1, 0.15) is 25.6 Å². The van der Waals surface area contributed by atoms with Gasteiger partial charge in [0.2, 0.25) is 0 Å². The molecule has 42 heavy (non-hydrogen) atoms. The van der Waals surface area contributed by atoms with Crippen LogP contribution in [0.1, 0.15) is 28.1 Å². The van der Waals surface area contributed by atoms with Gasteiger partial charge in [0.05, 0.1) is 16.8 Å². The van der Waals surface area contributed by atoms with Crippen molar-refractivity contribution in [2.24, 2.45) is 5.10 Å². The van der Waals surface area contributed by atoms with Crippen molar-refractivity contribution in [3.8, 4) is 17.2 Å². The predicted octanol–water partition coefficient (Wildman–Crippen LogP) is 4.97. The Bertz CT molecular complexity index is 1780. The molecule has 11 heteroatoms. The molecule has 218 valence electrons. The molecule has 1 N–H and O–H groups in total. The highest BCUT2D eigenvalue weighted by molar-refractivity contribution is 7.92. The SMILES string of the molecule is Cc1ccc(C)c(-n2c(C)cc(/C=N\NC(=O)CN(c3ccc(F)cc3)S(=O)(=O)c3ccc4c(c3)OCCO4)c2C)c1. The van der Waals surface area contributed by atoms with Gasteiger partial charge in [-0.25, -0.2) is 18.2 Å². The summed E-state index contributed by atoms with van der Waals surface area (Å²) in [6, 6.07) is 17.3. The molecule has 4 aromatic rings. The molecule has 0 fully saturated rings. The summed E-state index contributed by atoms with van der Waals surface area (Å²) in [4.78, 5) is 12.9. The molecule has 0 saturated carbocycles. The van der Waals surface area contributed by atoms with Gasteiger partial charge in [0.15, 0.2) is 11.5 Å². The number of anilines is 1. The molecule has 0 atom stereocenters. The van der Waals surface area contributed by atoms with Gasteiger partial charge in [0.25, 0.3) is 15.9 Å². The van der Waals surface area contributed by atoms with Crippen LogP contribution in [0.4, 0.5) is 10.1 Å². The van der Waals surface area contributed by atoms with E-state index in [0.29, 0.717) is 12.4 Å². The molecule has 3 aromatic carbocycles. The Morgan fingerprint density at radius 2 is 1.69 bits per heavy atom. The number of hydrogen-bond donors (Lipinski definition) is 1. The number of aryl methyl sites for hydroxylation is 3. The number of fused-ring (bicyclic) bond motifs is 1. The number of sulfonamides is 1. The lowest BCUT2D eigenvalue weighted by Gasteiger charge is -2.25. The number of halogens is 1. The van der Waals surface area contributed by atoms with Crippen LogP contribution in [-0.2, 0) is 14.8 Å². The number of ether oxygens (including phenoxy) is 2. The fourth-order valence-electron chi connectivity index (χ4n) is 4.82. The average Bonchev–Trinajstić information content (AvgIpc) is 3.25. The van der Waals surface area contributed by atoms with Crippen LogP contribution < -0.4 is 19.2 Å². The highest BCUT2D eigenvalue weighted by Gasteiger charge is 2.29. The molecule has 0 bridgehead atoms. The van der Waals surface area contributed by atoms with Crippen LogP contribution in [0, 0.1) is 33.5 Å². The van der Waals surface area contributed by atoms with Gasteiger partial charge >= 0.3 is 0 Å². The summed E-state index contributed by atoms with van der Waals surface area (Å²) in [5.74, 6) is -0.505. The minimum Gasteiger partial charge on any atom is -0.486 e. The summed E-state index contributed by atoms with van der Waals surface area (Å²) in [7, 11) is -4.26. The van der Waals surface area contributed by atoms with E-state index in [4.69, 9.17) is 9.47 Å². The normalized spacial score (nSPS) is 12.9. The zero-order valence-corrected chi connectivity index (χ0v) is 24.5. The number of benzene rings is 3. The van der Waals surface area contributed by atoms with Crippen molar-refractivity contribution < 1.29 is 27.1 Å². The Morgan fingerprint density at radius 3 is 2.43 bits per heavy atom. The van der Waals surface area contributed by atoms with Crippen molar-refractivity contribution in [3.05, 3.63) is 101 Å². The molecule has 2 heterocycles. The van der Waals surface area contributed by atoms with E-state index in [9.17, 15) is 17.6 Å². The number of nitrogens with zero attached hydrogens (tertiary/aromatic N) is 3. The maximum Gasteiger partial charge on any atom is 0.264 e. The summed E-state index contributed by atoms with van der Waals surface area (Å²) >= 11 is 0. The third-order valence-corrected chi connectivity index (χ3v) is 8.74. The van der Waals surface area contributed by atoms with Gasteiger partial charge in [-0.3, -0.25) is 9.10 Å². The Morgan fingerprint density at radius 1 is 0.976 bits per heavy atom. The monoisotopic (exact) mass is 590 g/mol. The molecule has 0 spiro atoms. The Hall–Kier alpha value is -4.64. The molecule has 0 radical (unpaired) electrons. The van der Waals surface area contributed by atoms with Crippen molar-refractivity contribution in [2.75, 3.05) is 24.1 Å². The molecule has 0 saturated heterocycles. The lowest BCUT2D eigenvalue weighted by molar-refractivity contribution is -0.119. The number of carbonyl (C=O) groups is 1. The molecular formula is C31H31FN4O5S. The van der Waals surface area contributed by atoms with Crippen molar-refractivity contribution in [3.63, 3.8) is 0 Å². The Kier molecular flexibility index (Phi) is 8.04. The third-order valence-electron chi connectivity index (χ3n) is 6.97. The van der Waals surface area contributed by atoms with E-state index in [2.05, 4.69) is 33.3 Å². The molecule has 1 aromatic heterocycles. The molecule has 0 unspecified atom stereocenters. The van der Waals surface area contributed by atoms with Crippen LogP contribution in [0.25, 0.3) is 5.69 Å². The molecular weight excluding hydrogens is 559 g/mol. The third kappa shape index (κ3) is 5.87. The highest BCUT2D eigenvalue weighted by Crippen LogP contribution is 2.34. The average molecular weight is 591 g/mol. The van der Waals surface area contributed by atoms with Gasteiger partial charge in [-0.15, -0.1) is 0 Å². The van der Waals surface area contributed by atoms with Gasteiger partial charge in [-0.1, -0.05) is 12.1 Å². The predicted molar refractivity (Wildman–Crippen MR) is 159 cm³/mol. The molecule has 9 nitrogen and oxygen atoms in total. The van der Waals surface area contributed by atoms with Gasteiger partial charge < -0.3 is 14.0 Å². The first-order valence-electron chi connectivity index (χ1n) is 13.3. The second kappa shape index (κ2) is 11.7. The summed E-state index contributed by atoms with van der Waals surface area (Å²) in [5.41, 5.74) is 8.61. The van der Waals surface area contributed by atoms with Crippen molar-refractivity contribution in [1.82, 2.24) is 9.99 Å². The first-order chi connectivity index (χ1) is 20.0. The van der Waals surface area contributed by atoms with E-state index in [-0.39, 0.29) is 22.9 Å². The van der Waals surface area contributed by atoms with E-state index in [1.54, 1.807) is 0 Å². The quantitative estimate of drug-likeness (QED) is 0.231. The molecule has 5 rings (SSSR count). The number of nitrogens with one attached hydrogen (secondary N) is 1. The van der Waals surface area contributed by atoms with Crippen molar-refractivity contribution in [1.29, 1.82) is 0 Å². The van der Waals surface area contributed by atoms with Gasteiger partial charge in [-0.2, -0.15) is 5.10 Å². The minimum absolute atomic E-state index is 0.105. The maximum atomic E-state index is 13.7. The second-order valence-corrected chi connectivity index (χ2v) is 11.9. The van der Waals surface area contributed by atoms with Crippen LogP contribution in [0.15, 0.2) is 76.7 Å². The fraction of sp³-hybridized carbons (Fsp3) is 0.226. The molecule has 1 aliphatic rings. The smallest absolute Gasteiger partial charge is 0.264 e. The lowest BCUT2D eigenvalue weighted by atomic mass is 10.1. The van der Waals surface area contributed by atoms with Crippen LogP contribution in [-0.4, -0.2) is 44.9 Å². The second-order valence-electron chi connectivity index (χ2n) is 10.0. The first kappa shape index (κ1) is 28.9. The van der Waals surface area contributed by atoms with Crippen LogP contribution in [0.5, 0.6) is 11.5 Å². The van der Waals surface area contributed by atoms with Crippen LogP contribution >= 0.6 is 0 Å². The zero-order chi connectivity index (χ0) is 30.0. The first-order valence-corrected chi connectivity index (χ1v) is 14.7. The summed E-state index contributed by atoms with van der Waals surface area (Å²) < 4.78 is 55.2. The van der Waals surface area contributed by atoms with Gasteiger partial charge in [0, 0.05) is 28.7 Å². The standard InChI is InChI=1S/C31H31FN4O5S/c1-20-5-6-21(2)28(15-20)36-22(3)16-24(23(36)4)18-33-34-31(37)19-35(26-9-7-25(32)8-10-26)42(38,39)27-11-12-29-30(17-27)41-14-13-40-29/h5-12,15-18H,13-14,19H2,1-4H3,(H,34,37)/b33-18-. The summed E-state index contributed by atoms with van der Waals surface area (Å²) in [6.45, 7) is 8.09. The van der Waals surface area contributed by atoms with E-state index in [1.807, 2.05) is 33.8 Å². The van der Waals surface area contributed by atoms with Gasteiger partial charge in [-0.05, 0) is 87.4 Å². The van der Waals surface area contributed by atoms with Crippen molar-refractivity contribution >= 4 is 27.8 Å². The van der Waals surface area contributed by atoms with E-state index < -0.39 is 28.3 Å². The summed E-state index contributed by atoms with van der Waals surface area (Å²) in [6.07, 6.45) is 1.53. The van der Waals surface area contributed by atoms with Crippen LogP contribution in [0.3, 0.4) is 0 Å². The number of hydrogen-bond acceptors (Lipinski definition) is 6. The number of rotatable bonds is 8. The van der Waals surface area contributed by atoms with E-state index in [1.165, 1.54) is 36.5 Å². The number of hydrazone groups is 1. The fourth-order valence-corrected chi connectivity index (χ4v) is 6.26. The minimum atomic E-state index is -4.26. The Labute approximate surface area is 244 Å². The maximum absolute atomic E-state index is 13.7. The van der Waals surface area contributed by atoms with E-state index in [0.717, 1.165) is 50.2 Å². The zero-order valence-electron chi connectivity index (χ0n) is 23.7. The number of aromatic nitrogens is 1. The largest absolute Gasteiger partial charge is 0.486 e. The molecule has 0 aliphatic carbocycles. The van der Waals surface area contributed by atoms with E-state index >= 15 is 0 Å². The number of carbonyl (C=O) groups excluding carboxylic acids is 1. The highest BCUT2D eigenvalue weighted by atomic mass is 32.2.